The highest BCUT2D eigenvalue weighted by Crippen LogP contribution is 2.40. The van der Waals surface area contributed by atoms with Gasteiger partial charge in [0.2, 0.25) is 0 Å². The fraction of sp³-hybridized carbons (Fsp3) is 0.533. The molecule has 0 saturated carbocycles. The van der Waals surface area contributed by atoms with Gasteiger partial charge in [0.15, 0.2) is 5.78 Å². The highest BCUT2D eigenvalue weighted by molar-refractivity contribution is 6.01. The fourth-order valence-corrected chi connectivity index (χ4v) is 3.29. The van der Waals surface area contributed by atoms with Crippen LogP contribution in [0.15, 0.2) is 6.07 Å². The van der Waals surface area contributed by atoms with Gasteiger partial charge in [-0.15, -0.1) is 0 Å². The predicted octanol–water partition coefficient (Wildman–Crippen LogP) is 1.81. The molecule has 1 N–H and O–H groups in total. The molecule has 3 rings (SSSR count). The monoisotopic (exact) mass is 246 g/mol. The molecule has 0 fully saturated rings. The van der Waals surface area contributed by atoms with Gasteiger partial charge in [-0.3, -0.25) is 4.79 Å². The summed E-state index contributed by atoms with van der Waals surface area (Å²) in [6, 6.07) is 2.11. The van der Waals surface area contributed by atoms with Crippen LogP contribution < -0.4 is 0 Å². The van der Waals surface area contributed by atoms with Crippen LogP contribution >= 0.6 is 0 Å². The average Bonchev–Trinajstić information content (AvgIpc) is 2.67. The van der Waals surface area contributed by atoms with Crippen LogP contribution in [0.3, 0.4) is 0 Å². The van der Waals surface area contributed by atoms with Crippen molar-refractivity contribution in [1.29, 1.82) is 0 Å². The van der Waals surface area contributed by atoms with E-state index in [4.69, 9.17) is 4.74 Å². The number of fused-ring (bicyclic) bond motifs is 2. The van der Waals surface area contributed by atoms with E-state index in [1.54, 1.807) is 0 Å². The summed E-state index contributed by atoms with van der Waals surface area (Å²) in [4.78, 5) is 12.0. The molecule has 3 nitrogen and oxygen atoms in total. The van der Waals surface area contributed by atoms with Crippen molar-refractivity contribution in [2.45, 2.75) is 33.3 Å². The first kappa shape index (κ1) is 11.9. The third-order valence-corrected chi connectivity index (χ3v) is 4.26. The number of aliphatic hydroxyl groups excluding tert-OH is 1. The van der Waals surface area contributed by atoms with Gasteiger partial charge < -0.3 is 9.84 Å². The SMILES string of the molecule is Cc1c2c(cc3c1C(=O)COC3)C[C@@](C)(CO)C2. The average molecular weight is 246 g/mol. The van der Waals surface area contributed by atoms with Crippen molar-refractivity contribution in [1.82, 2.24) is 0 Å². The van der Waals surface area contributed by atoms with Gasteiger partial charge in [0, 0.05) is 12.2 Å². The lowest BCUT2D eigenvalue weighted by Crippen LogP contribution is -2.21. The maximum Gasteiger partial charge on any atom is 0.189 e. The highest BCUT2D eigenvalue weighted by atomic mass is 16.5. The molecule has 1 atom stereocenters. The Balaban J connectivity index is 2.14. The molecule has 18 heavy (non-hydrogen) atoms. The molecule has 1 heterocycles. The molecule has 1 aromatic rings. The van der Waals surface area contributed by atoms with Gasteiger partial charge in [-0.2, -0.15) is 0 Å². The van der Waals surface area contributed by atoms with Gasteiger partial charge >= 0.3 is 0 Å². The summed E-state index contributed by atoms with van der Waals surface area (Å²) in [5.74, 6) is 0.0918. The van der Waals surface area contributed by atoms with Crippen LogP contribution in [0.25, 0.3) is 0 Å². The largest absolute Gasteiger partial charge is 0.396 e. The maximum absolute atomic E-state index is 12.0. The third-order valence-electron chi connectivity index (χ3n) is 4.26. The Bertz CT molecular complexity index is 533. The normalized spacial score (nSPS) is 26.1. The minimum absolute atomic E-state index is 0.0685. The van der Waals surface area contributed by atoms with Crippen molar-refractivity contribution in [2.75, 3.05) is 13.2 Å². The van der Waals surface area contributed by atoms with Gasteiger partial charge in [0.1, 0.15) is 6.61 Å². The van der Waals surface area contributed by atoms with E-state index < -0.39 is 0 Å². The molecule has 1 aromatic carbocycles. The van der Waals surface area contributed by atoms with Gasteiger partial charge in [-0.1, -0.05) is 13.0 Å². The first-order valence-corrected chi connectivity index (χ1v) is 6.40. The summed E-state index contributed by atoms with van der Waals surface area (Å²) in [7, 11) is 0. The van der Waals surface area contributed by atoms with E-state index in [1.807, 2.05) is 6.92 Å². The first-order valence-electron chi connectivity index (χ1n) is 6.40. The Kier molecular flexibility index (Phi) is 2.57. The summed E-state index contributed by atoms with van der Waals surface area (Å²) in [5, 5.41) is 9.51. The van der Waals surface area contributed by atoms with Gasteiger partial charge in [0.25, 0.3) is 0 Å². The Hall–Kier alpha value is -1.19. The van der Waals surface area contributed by atoms with Crippen LogP contribution in [0, 0.1) is 12.3 Å². The Labute approximate surface area is 107 Å². The number of Topliss-reactive ketones (excluding diaryl/α,β-unsaturated/α-hetero) is 1. The summed E-state index contributed by atoms with van der Waals surface area (Å²) in [5.41, 5.74) is 5.46. The van der Waals surface area contributed by atoms with E-state index in [-0.39, 0.29) is 24.4 Å². The molecule has 0 amide bonds. The second-order valence-electron chi connectivity index (χ2n) is 5.91. The molecule has 0 saturated heterocycles. The summed E-state index contributed by atoms with van der Waals surface area (Å²) < 4.78 is 5.30. The third kappa shape index (κ3) is 1.62. The van der Waals surface area contributed by atoms with E-state index in [0.717, 1.165) is 29.5 Å². The lowest BCUT2D eigenvalue weighted by atomic mass is 9.88. The predicted molar refractivity (Wildman–Crippen MR) is 67.8 cm³/mol. The fourth-order valence-electron chi connectivity index (χ4n) is 3.29. The number of ketones is 1. The lowest BCUT2D eigenvalue weighted by Gasteiger charge is -2.20. The number of carbonyl (C=O) groups is 1. The minimum Gasteiger partial charge on any atom is -0.396 e. The zero-order valence-electron chi connectivity index (χ0n) is 10.9. The molecule has 96 valence electrons. The van der Waals surface area contributed by atoms with Crippen LogP contribution in [0.4, 0.5) is 0 Å². The van der Waals surface area contributed by atoms with E-state index in [1.165, 1.54) is 11.1 Å². The maximum atomic E-state index is 12.0. The number of aliphatic hydroxyl groups is 1. The molecule has 0 spiro atoms. The Morgan fingerprint density at radius 3 is 2.83 bits per heavy atom. The van der Waals surface area contributed by atoms with Gasteiger partial charge in [-0.05, 0) is 47.4 Å². The molecule has 0 radical (unpaired) electrons. The second-order valence-corrected chi connectivity index (χ2v) is 5.91. The second kappa shape index (κ2) is 3.90. The van der Waals surface area contributed by atoms with Crippen molar-refractivity contribution in [2.24, 2.45) is 5.41 Å². The van der Waals surface area contributed by atoms with Crippen LogP contribution in [-0.2, 0) is 24.2 Å². The van der Waals surface area contributed by atoms with Crippen LogP contribution in [0.2, 0.25) is 0 Å². The quantitative estimate of drug-likeness (QED) is 0.822. The zero-order chi connectivity index (χ0) is 12.9. The van der Waals surface area contributed by atoms with Crippen molar-refractivity contribution in [3.05, 3.63) is 33.9 Å². The van der Waals surface area contributed by atoms with E-state index in [0.29, 0.717) is 6.61 Å². The summed E-state index contributed by atoms with van der Waals surface area (Å²) in [6.45, 7) is 5.05. The molecule has 0 bridgehead atoms. The van der Waals surface area contributed by atoms with E-state index >= 15 is 0 Å². The number of hydrogen-bond donors (Lipinski definition) is 1. The first-order chi connectivity index (χ1) is 8.54. The molecular formula is C15H18O3. The summed E-state index contributed by atoms with van der Waals surface area (Å²) in [6.07, 6.45) is 1.76. The zero-order valence-corrected chi connectivity index (χ0v) is 10.9. The van der Waals surface area contributed by atoms with E-state index in [9.17, 15) is 9.90 Å². The Morgan fingerprint density at radius 1 is 1.33 bits per heavy atom. The lowest BCUT2D eigenvalue weighted by molar-refractivity contribution is 0.0664. The van der Waals surface area contributed by atoms with Crippen LogP contribution in [-0.4, -0.2) is 24.1 Å². The van der Waals surface area contributed by atoms with E-state index in [2.05, 4.69) is 13.0 Å². The molecule has 0 unspecified atom stereocenters. The van der Waals surface area contributed by atoms with Crippen molar-refractivity contribution < 1.29 is 14.6 Å². The Morgan fingerprint density at radius 2 is 2.11 bits per heavy atom. The molecule has 1 aliphatic heterocycles. The van der Waals surface area contributed by atoms with Gasteiger partial charge in [-0.25, -0.2) is 0 Å². The standard InChI is InChI=1S/C15H18O3/c1-9-12-5-15(2,8-16)4-10(12)3-11-6-18-7-13(17)14(9)11/h3,16H,4-8H2,1-2H3/t15-/m1/s1. The van der Waals surface area contributed by atoms with Crippen LogP contribution in [0.5, 0.6) is 0 Å². The molecular weight excluding hydrogens is 228 g/mol. The number of ether oxygens (including phenoxy) is 1. The number of benzene rings is 1. The molecule has 1 aliphatic carbocycles. The van der Waals surface area contributed by atoms with Crippen molar-refractivity contribution >= 4 is 5.78 Å². The highest BCUT2D eigenvalue weighted by Gasteiger charge is 2.35. The van der Waals surface area contributed by atoms with Crippen molar-refractivity contribution in [3.63, 3.8) is 0 Å². The smallest absolute Gasteiger partial charge is 0.189 e. The minimum atomic E-state index is -0.0685. The number of carbonyl (C=O) groups excluding carboxylic acids is 1. The summed E-state index contributed by atoms with van der Waals surface area (Å²) >= 11 is 0. The molecule has 2 aliphatic rings. The molecule has 0 aromatic heterocycles. The number of rotatable bonds is 1. The van der Waals surface area contributed by atoms with Gasteiger partial charge in [0.05, 0.1) is 6.61 Å². The number of hydrogen-bond acceptors (Lipinski definition) is 3. The van der Waals surface area contributed by atoms with Crippen LogP contribution in [0.1, 0.15) is 39.5 Å². The molecule has 3 heteroatoms. The van der Waals surface area contributed by atoms with Crippen molar-refractivity contribution in [3.8, 4) is 0 Å². The topological polar surface area (TPSA) is 46.5 Å².